The number of aromatic hydroxyl groups is 2. The Hall–Kier alpha value is -9.52. The number of fused-ring (bicyclic) bond motifs is 12. The highest BCUT2D eigenvalue weighted by Crippen LogP contribution is 2.73. The first-order valence-electron chi connectivity index (χ1n) is 59.1. The zero-order valence-corrected chi connectivity index (χ0v) is 98.4. The van der Waals surface area contributed by atoms with E-state index in [1.807, 2.05) is 24.3 Å². The van der Waals surface area contributed by atoms with Crippen LogP contribution >= 0.6 is 0 Å². The number of benzene rings is 10. The van der Waals surface area contributed by atoms with Crippen molar-refractivity contribution < 1.29 is 20.4 Å². The van der Waals surface area contributed by atoms with Gasteiger partial charge in [0.05, 0.1) is 33.9 Å². The molecule has 11 aliphatic rings. The van der Waals surface area contributed by atoms with Crippen LogP contribution in [0.25, 0.3) is 55.7 Å². The number of allylic oxidation sites excluding steroid dienone is 2. The van der Waals surface area contributed by atoms with Crippen molar-refractivity contribution in [2.45, 2.75) is 501 Å². The van der Waals surface area contributed by atoms with Gasteiger partial charge in [-0.1, -0.05) is 298 Å². The van der Waals surface area contributed by atoms with E-state index in [1.54, 1.807) is 89.0 Å². The molecular weight excluding hydrogens is 1800 g/mol. The smallest absolute Gasteiger partial charge is 0.139 e. The van der Waals surface area contributed by atoms with Crippen molar-refractivity contribution in [3.05, 3.63) is 267 Å². The van der Waals surface area contributed by atoms with Gasteiger partial charge >= 0.3 is 0 Å². The summed E-state index contributed by atoms with van der Waals surface area (Å²) in [7, 11) is 0. The van der Waals surface area contributed by atoms with Crippen molar-refractivity contribution in [3.63, 3.8) is 0 Å². The first kappa shape index (κ1) is 104. The summed E-state index contributed by atoms with van der Waals surface area (Å²) < 4.78 is 0. The van der Waals surface area contributed by atoms with E-state index in [2.05, 4.69) is 368 Å². The molecule has 0 fully saturated rings. The molecule has 10 aromatic carbocycles. The van der Waals surface area contributed by atoms with Crippen LogP contribution in [0, 0.1) is 0 Å². The first-order chi connectivity index (χ1) is 69.4. The number of phenolic OH excluding ortho intramolecular Hbond substituents is 2. The summed E-state index contributed by atoms with van der Waals surface area (Å²) in [4.78, 5) is 4.83. The van der Waals surface area contributed by atoms with Gasteiger partial charge in [0.2, 0.25) is 0 Å². The lowest BCUT2D eigenvalue weighted by Gasteiger charge is -2.43. The molecule has 0 aromatic heterocycles. The van der Waals surface area contributed by atoms with Gasteiger partial charge < -0.3 is 30.2 Å². The fourth-order valence-electron chi connectivity index (χ4n) is 37.5. The molecule has 4 N–H and O–H groups in total. The molecule has 9 aliphatic carbocycles. The third-order valence-corrected chi connectivity index (χ3v) is 45.1. The minimum atomic E-state index is -0.541. The highest BCUT2D eigenvalue weighted by Gasteiger charge is 2.62. The molecule has 0 amide bonds. The van der Waals surface area contributed by atoms with Gasteiger partial charge in [-0.25, -0.2) is 0 Å². The maximum absolute atomic E-state index is 13.3. The first-order valence-corrected chi connectivity index (χ1v) is 59.1. The van der Waals surface area contributed by atoms with E-state index >= 15 is 0 Å². The van der Waals surface area contributed by atoms with Crippen LogP contribution in [0.5, 0.6) is 11.5 Å². The fourth-order valence-corrected chi connectivity index (χ4v) is 37.5. The second kappa shape index (κ2) is 33.5. The summed E-state index contributed by atoms with van der Waals surface area (Å²) in [6.45, 7) is 90.0. The van der Waals surface area contributed by atoms with E-state index in [4.69, 9.17) is 0 Å². The Kier molecular flexibility index (Phi) is 23.6. The Morgan fingerprint density at radius 2 is 0.358 bits per heavy atom. The molecule has 6 heteroatoms. The van der Waals surface area contributed by atoms with Crippen LogP contribution in [0.3, 0.4) is 0 Å². The number of aliphatic hydroxyl groups is 2. The zero-order valence-electron chi connectivity index (χ0n) is 98.4. The molecule has 0 bridgehead atoms. The van der Waals surface area contributed by atoms with Crippen molar-refractivity contribution in [1.82, 2.24) is 0 Å². The number of aliphatic hydroxyl groups excluding tert-OH is 2. The largest absolute Gasteiger partial charge is 0.507 e. The number of hydrogen-bond acceptors (Lipinski definition) is 6. The van der Waals surface area contributed by atoms with Gasteiger partial charge in [-0.15, -0.1) is 0 Å². The van der Waals surface area contributed by atoms with Crippen LogP contribution in [-0.4, -0.2) is 20.4 Å². The highest BCUT2D eigenvalue weighted by atomic mass is 16.3. The van der Waals surface area contributed by atoms with E-state index in [0.29, 0.717) is 11.1 Å². The van der Waals surface area contributed by atoms with Crippen LogP contribution < -0.4 is 9.80 Å². The summed E-state index contributed by atoms with van der Waals surface area (Å²) >= 11 is 0. The lowest BCUT2D eigenvalue weighted by atomic mass is 9.69. The SMILES string of the molecule is CCC1(CC)CC(C)(C)c2c1cc1c(c2-c2ccc3c(c2)C(C)(C)c2cc(-c4c5c(cc6c4C(C)(C)CC6(CC)CC)C(CC)(CC)CC5(C)C)ccc2N3c2ccc(C3=C(O)C(c4ccc(N5c6ccc(-c7c8c(cc9c7C(C)(C)CC9(CC)CC)C(CC)(CC)CC8(C)C)cc6C(C)(C)c6cc(-c7c8c(cc9c7C(C)(C)CC9(CC)CC)C(CC)(CC)CC8(C)C)ccc65)cc4O)=C3O)c(O)c2)C(C)(C)CC1(CC)CC. The molecule has 0 unspecified atom stereocenters. The molecule has 10 aromatic rings. The molecule has 0 spiro atoms. The van der Waals surface area contributed by atoms with Crippen LogP contribution in [-0.2, 0) is 97.5 Å². The van der Waals surface area contributed by atoms with Crippen LogP contribution in [0.1, 0.15) is 526 Å². The predicted octanol–water partition coefficient (Wildman–Crippen LogP) is 40.1. The Bertz CT molecular complexity index is 6280. The Morgan fingerprint density at radius 1 is 0.196 bits per heavy atom. The molecule has 21 rings (SSSR count). The fraction of sp³-hybridized carbons (Fsp3) is 0.549. The van der Waals surface area contributed by atoms with Gasteiger partial charge in [-0.2, -0.15) is 0 Å². The topological polar surface area (TPSA) is 87.4 Å². The molecule has 2 heterocycles. The molecule has 6 nitrogen and oxygen atoms in total. The minimum absolute atomic E-state index is 0.0599. The number of anilines is 6. The van der Waals surface area contributed by atoms with Crippen molar-refractivity contribution in [1.29, 1.82) is 0 Å². The van der Waals surface area contributed by atoms with Crippen molar-refractivity contribution >= 4 is 45.3 Å². The molecule has 2 aliphatic heterocycles. The average molecular weight is 1980 g/mol. The molecule has 0 radical (unpaired) electrons. The number of rotatable bonds is 24. The van der Waals surface area contributed by atoms with Gasteiger partial charge in [0.15, 0.2) is 0 Å². The molecular formula is C142H182N2O4. The van der Waals surface area contributed by atoms with Gasteiger partial charge in [-0.05, 0) is 469 Å². The molecule has 784 valence electrons. The van der Waals surface area contributed by atoms with Gasteiger partial charge in [-0.3, -0.25) is 0 Å². The van der Waals surface area contributed by atoms with Gasteiger partial charge in [0.1, 0.15) is 23.0 Å². The lowest BCUT2D eigenvalue weighted by molar-refractivity contribution is 0.322. The standard InChI is InChI=1S/C142H182N2O4/c1-37-135(38-2)75-125(17,18)115-95(135)71-96-116(126(19,20)76-136(96,39-3)40-4)109(115)83-53-61-103-91(65-83)133(33,34)92-66-84(110-117-97(137(41-5,42-6)77-127(117,21)22)72-98-118(110)128(23,24)78-138(98,43-7)44-8)54-62-104(92)143(103)87-57-59-89(107(145)69-87)113-123(147)114(124(113)148)90-60-58-88(70-108(90)146)144-105-63-55-85(111-119-99(139(45-9,46-10)79-129(119,25)26)73-100-120(111)130(27,28)80-140(100,47-11)48-12)67-93(105)134(35,36)94-68-86(56-64-106(94)144)112-121-101(141(49-13,50-14)81-131(121,29)30)74-102-122(112)132(31,32)82-142(102,51-15)52-16/h53-74,145-148H,37-52,75-82H2,1-36H3. The maximum Gasteiger partial charge on any atom is 0.139 e. The van der Waals surface area contributed by atoms with Gasteiger partial charge in [0, 0.05) is 45.5 Å². The van der Waals surface area contributed by atoms with Crippen LogP contribution in [0.4, 0.5) is 34.1 Å². The van der Waals surface area contributed by atoms with Crippen molar-refractivity contribution in [3.8, 4) is 56.0 Å². The Morgan fingerprint density at radius 3 is 0.507 bits per heavy atom. The normalized spacial score (nSPS) is 22.3. The summed E-state index contributed by atoms with van der Waals surface area (Å²) in [6.07, 6.45) is 26.5. The van der Waals surface area contributed by atoms with E-state index in [1.165, 1.54) is 66.8 Å². The van der Waals surface area contributed by atoms with Crippen molar-refractivity contribution in [2.75, 3.05) is 9.80 Å². The molecule has 0 saturated heterocycles. The monoisotopic (exact) mass is 1980 g/mol. The highest BCUT2D eigenvalue weighted by molar-refractivity contribution is 6.09. The van der Waals surface area contributed by atoms with E-state index in [9.17, 15) is 20.4 Å². The number of phenols is 2. The minimum Gasteiger partial charge on any atom is -0.507 e. The lowest BCUT2D eigenvalue weighted by Crippen LogP contribution is -2.31. The van der Waals surface area contributed by atoms with Gasteiger partial charge in [0.25, 0.3) is 0 Å². The molecule has 0 saturated carbocycles. The Balaban J connectivity index is 0.724. The van der Waals surface area contributed by atoms with Crippen molar-refractivity contribution in [2.24, 2.45) is 0 Å². The third-order valence-electron chi connectivity index (χ3n) is 45.1. The van der Waals surface area contributed by atoms with E-state index in [0.717, 1.165) is 188 Å². The quantitative estimate of drug-likeness (QED) is 0.0482. The second-order valence-electron chi connectivity index (χ2n) is 56.5. The third kappa shape index (κ3) is 13.6. The Labute approximate surface area is 893 Å². The summed E-state index contributed by atoms with van der Waals surface area (Å²) in [6, 6.07) is 52.8. The van der Waals surface area contributed by atoms with E-state index in [-0.39, 0.29) is 121 Å². The average Bonchev–Trinajstić information content (AvgIpc) is 1.52. The maximum atomic E-state index is 13.3. The van der Waals surface area contributed by atoms with E-state index < -0.39 is 10.8 Å². The summed E-state index contributed by atoms with van der Waals surface area (Å²) in [5.41, 5.74) is 46.3. The zero-order chi connectivity index (χ0) is 107. The summed E-state index contributed by atoms with van der Waals surface area (Å²) in [5, 5.41) is 52.6. The molecule has 0 atom stereocenters. The second-order valence-corrected chi connectivity index (χ2v) is 56.5. The number of nitrogens with zero attached hydrogens (tertiary/aromatic N) is 2. The molecule has 148 heavy (non-hydrogen) atoms. The number of hydrogen-bond donors (Lipinski definition) is 4. The van der Waals surface area contributed by atoms with Crippen LogP contribution in [0.2, 0.25) is 0 Å². The van der Waals surface area contributed by atoms with Crippen LogP contribution in [0.15, 0.2) is 145 Å². The predicted molar refractivity (Wildman–Crippen MR) is 630 cm³/mol. The summed E-state index contributed by atoms with van der Waals surface area (Å²) in [5.74, 6) is -0.525.